The summed E-state index contributed by atoms with van der Waals surface area (Å²) >= 11 is 0. The van der Waals surface area contributed by atoms with Gasteiger partial charge in [-0.3, -0.25) is 9.59 Å². The third-order valence-electron chi connectivity index (χ3n) is 5.00. The lowest BCUT2D eigenvalue weighted by molar-refractivity contribution is -0.142. The number of aromatic hydroxyl groups is 2. The molecule has 0 atom stereocenters. The van der Waals surface area contributed by atoms with E-state index in [0.29, 0.717) is 30.4 Å². The van der Waals surface area contributed by atoms with Crippen LogP contribution in [0.2, 0.25) is 0 Å². The van der Waals surface area contributed by atoms with Crippen molar-refractivity contribution in [3.63, 3.8) is 0 Å². The molecule has 148 valence electrons. The number of aromatic nitrogens is 1. The Morgan fingerprint density at radius 3 is 1.52 bits per heavy atom. The van der Waals surface area contributed by atoms with Gasteiger partial charge in [-0.1, -0.05) is 30.4 Å². The molecule has 27 heavy (non-hydrogen) atoms. The number of nitrogens with zero attached hydrogens (tertiary/aromatic N) is 1. The van der Waals surface area contributed by atoms with Gasteiger partial charge < -0.3 is 24.5 Å². The van der Waals surface area contributed by atoms with Gasteiger partial charge in [-0.05, 0) is 25.7 Å². The van der Waals surface area contributed by atoms with Crippen molar-refractivity contribution in [3.05, 3.63) is 0 Å². The Bertz CT molecular complexity index is 688. The second-order valence-electron chi connectivity index (χ2n) is 6.99. The molecule has 1 aromatic heterocycles. The number of esters is 2. The predicted octanol–water partition coefficient (Wildman–Crippen LogP) is 2.07. The van der Waals surface area contributed by atoms with Gasteiger partial charge in [0.25, 0.3) is 11.8 Å². The maximum atomic E-state index is 12.3. The van der Waals surface area contributed by atoms with Crippen LogP contribution in [0.15, 0.2) is 0 Å². The van der Waals surface area contributed by atoms with Crippen molar-refractivity contribution in [1.82, 2.24) is 4.73 Å². The Balaban J connectivity index is 1.89. The van der Waals surface area contributed by atoms with Gasteiger partial charge in [0.05, 0.1) is 11.8 Å². The smallest absolute Gasteiger partial charge is 0.330 e. The predicted molar refractivity (Wildman–Crippen MR) is 90.2 cm³/mol. The van der Waals surface area contributed by atoms with Gasteiger partial charge in [-0.25, -0.2) is 4.79 Å². The summed E-state index contributed by atoms with van der Waals surface area (Å²) in [5.74, 6) is -5.41. The summed E-state index contributed by atoms with van der Waals surface area (Å²) in [5, 5.41) is 20.5. The molecule has 1 heterocycles. The second-order valence-corrected chi connectivity index (χ2v) is 6.99. The third kappa shape index (κ3) is 4.01. The van der Waals surface area contributed by atoms with Crippen LogP contribution in [0.1, 0.15) is 58.3 Å². The van der Waals surface area contributed by atoms with Crippen LogP contribution >= 0.6 is 0 Å². The van der Waals surface area contributed by atoms with Crippen molar-refractivity contribution < 1.29 is 38.9 Å². The van der Waals surface area contributed by atoms with Crippen molar-refractivity contribution in [2.75, 3.05) is 0 Å². The van der Waals surface area contributed by atoms with E-state index < -0.39 is 41.2 Å². The van der Waals surface area contributed by atoms with Crippen LogP contribution in [0, 0.1) is 11.8 Å². The molecule has 2 aliphatic carbocycles. The van der Waals surface area contributed by atoms with Gasteiger partial charge in [0.15, 0.2) is 0 Å². The Morgan fingerprint density at radius 1 is 0.815 bits per heavy atom. The largest absolute Gasteiger partial charge is 0.490 e. The highest BCUT2D eigenvalue weighted by molar-refractivity contribution is 5.81. The number of carbonyl (C=O) groups excluding carboxylic acids is 3. The minimum absolute atomic E-state index is 0.331. The molecule has 0 radical (unpaired) electrons. The molecule has 0 aromatic carbocycles. The molecule has 2 N–H and O–H groups in total. The SMILES string of the molecule is CC(=O)On1c(O)c(OC(=O)C2CCCC2)c(OC(=O)C2CCCC2)c1O. The topological polar surface area (TPSA) is 124 Å². The zero-order valence-corrected chi connectivity index (χ0v) is 15.1. The van der Waals surface area contributed by atoms with Gasteiger partial charge in [0.1, 0.15) is 0 Å². The average molecular weight is 381 g/mol. The highest BCUT2D eigenvalue weighted by atomic mass is 16.7. The molecule has 0 spiro atoms. The summed E-state index contributed by atoms with van der Waals surface area (Å²) in [6, 6.07) is 0. The first kappa shape index (κ1) is 19.1. The van der Waals surface area contributed by atoms with Gasteiger partial charge in [-0.15, -0.1) is 0 Å². The maximum absolute atomic E-state index is 12.3. The molecule has 0 amide bonds. The van der Waals surface area contributed by atoms with Crippen molar-refractivity contribution in [1.29, 1.82) is 0 Å². The Kier molecular flexibility index (Phi) is 5.57. The van der Waals surface area contributed by atoms with Crippen LogP contribution in [-0.2, 0) is 14.4 Å². The number of rotatable bonds is 5. The summed E-state index contributed by atoms with van der Waals surface area (Å²) in [7, 11) is 0. The Hall–Kier alpha value is -2.71. The summed E-state index contributed by atoms with van der Waals surface area (Å²) in [6.07, 6.45) is 6.23. The Labute approximate surface area is 155 Å². The standard InChI is InChI=1S/C18H23NO8/c1-10(20)27-19-15(21)13(25-17(23)11-6-2-3-7-11)14(16(19)22)26-18(24)12-8-4-5-9-12/h11-12,21-22H,2-9H2,1H3. The van der Waals surface area contributed by atoms with E-state index in [1.807, 2.05) is 0 Å². The lowest BCUT2D eigenvalue weighted by atomic mass is 10.1. The van der Waals surface area contributed by atoms with Crippen LogP contribution in [0.4, 0.5) is 0 Å². The van der Waals surface area contributed by atoms with Gasteiger partial charge in [-0.2, -0.15) is 0 Å². The van der Waals surface area contributed by atoms with Crippen LogP contribution < -0.4 is 14.3 Å². The molecule has 0 bridgehead atoms. The summed E-state index contributed by atoms with van der Waals surface area (Å²) in [4.78, 5) is 40.6. The first-order valence-corrected chi connectivity index (χ1v) is 9.17. The van der Waals surface area contributed by atoms with Gasteiger partial charge >= 0.3 is 17.9 Å². The number of hydrogen-bond acceptors (Lipinski definition) is 8. The molecule has 9 nitrogen and oxygen atoms in total. The average Bonchev–Trinajstić information content (AvgIpc) is 3.36. The molecule has 0 saturated heterocycles. The molecule has 2 saturated carbocycles. The molecule has 1 aromatic rings. The zero-order chi connectivity index (χ0) is 19.6. The van der Waals surface area contributed by atoms with Gasteiger partial charge in [0, 0.05) is 6.92 Å². The normalized spacial score (nSPS) is 17.8. The number of ether oxygens (including phenoxy) is 2. The van der Waals surface area contributed by atoms with E-state index in [1.165, 1.54) is 0 Å². The highest BCUT2D eigenvalue weighted by Crippen LogP contribution is 2.48. The summed E-state index contributed by atoms with van der Waals surface area (Å²) in [6.45, 7) is 1.06. The Morgan fingerprint density at radius 2 is 1.19 bits per heavy atom. The van der Waals surface area contributed by atoms with Gasteiger partial charge in [0.2, 0.25) is 11.5 Å². The molecule has 3 rings (SSSR count). The fourth-order valence-corrected chi connectivity index (χ4v) is 3.58. The van der Waals surface area contributed by atoms with Crippen LogP contribution in [0.25, 0.3) is 0 Å². The van der Waals surface area contributed by atoms with E-state index in [1.54, 1.807) is 0 Å². The van der Waals surface area contributed by atoms with Crippen molar-refractivity contribution in [2.45, 2.75) is 58.3 Å². The summed E-state index contributed by atoms with van der Waals surface area (Å²) in [5.41, 5.74) is 0. The molecule has 0 unspecified atom stereocenters. The minimum atomic E-state index is -0.835. The van der Waals surface area contributed by atoms with E-state index in [-0.39, 0.29) is 11.8 Å². The monoisotopic (exact) mass is 381 g/mol. The first-order chi connectivity index (χ1) is 12.9. The van der Waals surface area contributed by atoms with Crippen molar-refractivity contribution >= 4 is 17.9 Å². The zero-order valence-electron chi connectivity index (χ0n) is 15.1. The van der Waals surface area contributed by atoms with E-state index in [9.17, 15) is 24.6 Å². The molecule has 9 heteroatoms. The molecule has 2 aliphatic rings. The van der Waals surface area contributed by atoms with Crippen molar-refractivity contribution in [2.24, 2.45) is 11.8 Å². The van der Waals surface area contributed by atoms with E-state index >= 15 is 0 Å². The molecular weight excluding hydrogens is 358 g/mol. The fourth-order valence-electron chi connectivity index (χ4n) is 3.58. The lowest BCUT2D eigenvalue weighted by Crippen LogP contribution is -2.20. The van der Waals surface area contributed by atoms with Crippen molar-refractivity contribution in [3.8, 4) is 23.3 Å². The quantitative estimate of drug-likeness (QED) is 0.743. The fraction of sp³-hybridized carbons (Fsp3) is 0.611. The molecule has 2 fully saturated rings. The minimum Gasteiger partial charge on any atom is -0.490 e. The second kappa shape index (κ2) is 7.89. The molecule has 0 aliphatic heterocycles. The van der Waals surface area contributed by atoms with E-state index in [2.05, 4.69) is 0 Å². The van der Waals surface area contributed by atoms with Crippen LogP contribution in [-0.4, -0.2) is 32.9 Å². The number of hydrogen-bond donors (Lipinski definition) is 2. The summed E-state index contributed by atoms with van der Waals surface area (Å²) < 4.78 is 10.8. The maximum Gasteiger partial charge on any atom is 0.330 e. The molecular formula is C18H23NO8. The first-order valence-electron chi connectivity index (χ1n) is 9.17. The number of carbonyl (C=O) groups is 3. The lowest BCUT2D eigenvalue weighted by Gasteiger charge is -2.11. The van der Waals surface area contributed by atoms with Crippen LogP contribution in [0.3, 0.4) is 0 Å². The highest BCUT2D eigenvalue weighted by Gasteiger charge is 2.35. The van der Waals surface area contributed by atoms with Crippen LogP contribution in [0.5, 0.6) is 23.3 Å². The van der Waals surface area contributed by atoms with E-state index in [4.69, 9.17) is 14.3 Å². The van der Waals surface area contributed by atoms with E-state index in [0.717, 1.165) is 32.6 Å². The third-order valence-corrected chi connectivity index (χ3v) is 5.00.